The second kappa shape index (κ2) is 8.34. The van der Waals surface area contributed by atoms with Crippen LogP contribution in [0.25, 0.3) is 11.0 Å². The number of carbonyl (C=O) groups is 1. The Bertz CT molecular complexity index is 1060. The Labute approximate surface area is 168 Å². The highest BCUT2D eigenvalue weighted by Gasteiger charge is 2.22. The molecular formula is C22H23N3O4. The van der Waals surface area contributed by atoms with E-state index in [1.807, 2.05) is 18.2 Å². The van der Waals surface area contributed by atoms with Crippen molar-refractivity contribution in [1.82, 2.24) is 10.3 Å². The van der Waals surface area contributed by atoms with Gasteiger partial charge in [-0.1, -0.05) is 18.2 Å². The lowest BCUT2D eigenvalue weighted by atomic mass is 9.96. The molecule has 1 fully saturated rings. The molecule has 7 nitrogen and oxygen atoms in total. The molecule has 0 saturated carbocycles. The van der Waals surface area contributed by atoms with Crippen LogP contribution in [-0.2, 0) is 0 Å². The van der Waals surface area contributed by atoms with Gasteiger partial charge in [-0.3, -0.25) is 4.79 Å². The molecule has 0 atom stereocenters. The van der Waals surface area contributed by atoms with Gasteiger partial charge in [0.25, 0.3) is 5.91 Å². The number of pyridine rings is 1. The fourth-order valence-corrected chi connectivity index (χ4v) is 3.68. The highest BCUT2D eigenvalue weighted by molar-refractivity contribution is 5.97. The van der Waals surface area contributed by atoms with Gasteiger partial charge in [-0.05, 0) is 43.0 Å². The highest BCUT2D eigenvalue weighted by Crippen LogP contribution is 2.24. The van der Waals surface area contributed by atoms with Crippen LogP contribution in [0.2, 0.25) is 0 Å². The Morgan fingerprint density at radius 2 is 2.07 bits per heavy atom. The number of ether oxygens (including phenoxy) is 1. The molecule has 29 heavy (non-hydrogen) atoms. The van der Waals surface area contributed by atoms with Crippen LogP contribution in [0.1, 0.15) is 23.2 Å². The van der Waals surface area contributed by atoms with Gasteiger partial charge in [-0.25, -0.2) is 9.78 Å². The van der Waals surface area contributed by atoms with Crippen LogP contribution in [0.4, 0.5) is 5.82 Å². The van der Waals surface area contributed by atoms with E-state index in [0.29, 0.717) is 29.2 Å². The number of methoxy groups -OCH3 is 1. The number of nitrogens with zero attached hydrogens (tertiary/aromatic N) is 2. The van der Waals surface area contributed by atoms with Crippen LogP contribution in [0.15, 0.2) is 57.9 Å². The lowest BCUT2D eigenvalue weighted by Crippen LogP contribution is -2.39. The van der Waals surface area contributed by atoms with E-state index in [1.165, 1.54) is 7.11 Å². The molecule has 0 radical (unpaired) electrons. The molecule has 4 rings (SSSR count). The van der Waals surface area contributed by atoms with E-state index in [-0.39, 0.29) is 5.56 Å². The van der Waals surface area contributed by atoms with Crippen LogP contribution in [0, 0.1) is 5.92 Å². The zero-order chi connectivity index (χ0) is 20.2. The zero-order valence-electron chi connectivity index (χ0n) is 16.3. The van der Waals surface area contributed by atoms with Crippen LogP contribution >= 0.6 is 0 Å². The fraction of sp³-hybridized carbons (Fsp3) is 0.318. The van der Waals surface area contributed by atoms with Crippen molar-refractivity contribution >= 4 is 22.7 Å². The quantitative estimate of drug-likeness (QED) is 0.671. The minimum absolute atomic E-state index is 0.0108. The van der Waals surface area contributed by atoms with Gasteiger partial charge >= 0.3 is 5.63 Å². The van der Waals surface area contributed by atoms with Crippen molar-refractivity contribution in [2.75, 3.05) is 31.6 Å². The predicted octanol–water partition coefficient (Wildman–Crippen LogP) is 2.84. The zero-order valence-corrected chi connectivity index (χ0v) is 16.3. The summed E-state index contributed by atoms with van der Waals surface area (Å²) in [6, 6.07) is 12.7. The summed E-state index contributed by atoms with van der Waals surface area (Å²) in [5.41, 5.74) is -0.306. The molecule has 1 amide bonds. The van der Waals surface area contributed by atoms with Crippen molar-refractivity contribution in [3.8, 4) is 5.75 Å². The van der Waals surface area contributed by atoms with E-state index in [4.69, 9.17) is 9.15 Å². The number of fused-ring (bicyclic) bond motifs is 1. The van der Waals surface area contributed by atoms with E-state index >= 15 is 0 Å². The van der Waals surface area contributed by atoms with E-state index in [2.05, 4.69) is 15.2 Å². The van der Waals surface area contributed by atoms with Crippen molar-refractivity contribution in [1.29, 1.82) is 0 Å². The van der Waals surface area contributed by atoms with Gasteiger partial charge in [-0.2, -0.15) is 0 Å². The van der Waals surface area contributed by atoms with Gasteiger partial charge < -0.3 is 19.4 Å². The molecule has 0 spiro atoms. The molecule has 150 valence electrons. The number of amides is 1. The molecule has 3 heterocycles. The number of rotatable bonds is 5. The standard InChI is InChI=1S/C22H23N3O4/c1-28-18-6-4-5-16-13-17(22(27)29-20(16)18)21(26)24-14-15-8-11-25(12-9-15)19-7-2-3-10-23-19/h2-7,10,13,15H,8-9,11-12,14H2,1H3,(H,24,26). The summed E-state index contributed by atoms with van der Waals surface area (Å²) in [6.07, 6.45) is 3.72. The van der Waals surface area contributed by atoms with Crippen LogP contribution < -0.4 is 20.6 Å². The summed E-state index contributed by atoms with van der Waals surface area (Å²) in [6.45, 7) is 2.33. The summed E-state index contributed by atoms with van der Waals surface area (Å²) >= 11 is 0. The fourth-order valence-electron chi connectivity index (χ4n) is 3.68. The summed E-state index contributed by atoms with van der Waals surface area (Å²) in [5, 5.41) is 3.54. The number of carbonyl (C=O) groups excluding carboxylic acids is 1. The maximum atomic E-state index is 12.6. The van der Waals surface area contributed by atoms with Crippen molar-refractivity contribution < 1.29 is 13.9 Å². The first kappa shape index (κ1) is 19.0. The number of hydrogen-bond acceptors (Lipinski definition) is 6. The third kappa shape index (κ3) is 4.08. The molecule has 7 heteroatoms. The largest absolute Gasteiger partial charge is 0.493 e. The van der Waals surface area contributed by atoms with E-state index in [9.17, 15) is 9.59 Å². The van der Waals surface area contributed by atoms with Gasteiger partial charge in [0.15, 0.2) is 11.3 Å². The minimum Gasteiger partial charge on any atom is -0.493 e. The van der Waals surface area contributed by atoms with Crippen molar-refractivity contribution in [3.63, 3.8) is 0 Å². The summed E-state index contributed by atoms with van der Waals surface area (Å²) < 4.78 is 10.5. The van der Waals surface area contributed by atoms with Crippen molar-refractivity contribution in [2.45, 2.75) is 12.8 Å². The summed E-state index contributed by atoms with van der Waals surface area (Å²) in [4.78, 5) is 31.5. The second-order valence-electron chi connectivity index (χ2n) is 7.15. The van der Waals surface area contributed by atoms with Crippen LogP contribution in [0.3, 0.4) is 0 Å². The van der Waals surface area contributed by atoms with E-state index in [1.54, 1.807) is 30.5 Å². The Morgan fingerprint density at radius 1 is 1.24 bits per heavy atom. The molecule has 2 aromatic heterocycles. The third-order valence-corrected chi connectivity index (χ3v) is 5.33. The Morgan fingerprint density at radius 3 is 2.79 bits per heavy atom. The maximum Gasteiger partial charge on any atom is 0.349 e. The number of hydrogen-bond donors (Lipinski definition) is 1. The van der Waals surface area contributed by atoms with Crippen molar-refractivity contribution in [2.24, 2.45) is 5.92 Å². The van der Waals surface area contributed by atoms with Gasteiger partial charge in [-0.15, -0.1) is 0 Å². The molecule has 1 aliphatic heterocycles. The van der Waals surface area contributed by atoms with Gasteiger partial charge in [0.1, 0.15) is 11.4 Å². The smallest absolute Gasteiger partial charge is 0.349 e. The van der Waals surface area contributed by atoms with E-state index < -0.39 is 11.5 Å². The molecule has 0 unspecified atom stereocenters. The normalized spacial score (nSPS) is 14.7. The third-order valence-electron chi connectivity index (χ3n) is 5.33. The molecule has 3 aromatic rings. The number of aromatic nitrogens is 1. The molecule has 1 aliphatic rings. The van der Waals surface area contributed by atoms with Crippen LogP contribution in [-0.4, -0.2) is 37.6 Å². The van der Waals surface area contributed by atoms with Crippen molar-refractivity contribution in [3.05, 3.63) is 64.6 Å². The first-order chi connectivity index (χ1) is 14.2. The van der Waals surface area contributed by atoms with Gasteiger partial charge in [0.2, 0.25) is 0 Å². The first-order valence-corrected chi connectivity index (χ1v) is 9.71. The topological polar surface area (TPSA) is 84.7 Å². The number of nitrogens with one attached hydrogen (secondary N) is 1. The molecule has 1 aromatic carbocycles. The number of piperidine rings is 1. The molecule has 1 N–H and O–H groups in total. The second-order valence-corrected chi connectivity index (χ2v) is 7.15. The Kier molecular flexibility index (Phi) is 5.46. The van der Waals surface area contributed by atoms with Crippen LogP contribution in [0.5, 0.6) is 5.75 Å². The van der Waals surface area contributed by atoms with Gasteiger partial charge in [0.05, 0.1) is 7.11 Å². The minimum atomic E-state index is -0.663. The first-order valence-electron chi connectivity index (χ1n) is 9.71. The molecule has 0 aliphatic carbocycles. The molecule has 1 saturated heterocycles. The number of anilines is 1. The lowest BCUT2D eigenvalue weighted by molar-refractivity contribution is 0.0941. The summed E-state index contributed by atoms with van der Waals surface area (Å²) in [7, 11) is 1.51. The molecule has 0 bridgehead atoms. The predicted molar refractivity (Wildman–Crippen MR) is 111 cm³/mol. The Hall–Kier alpha value is -3.35. The number of para-hydroxylation sites is 1. The van der Waals surface area contributed by atoms with E-state index in [0.717, 1.165) is 31.7 Å². The lowest BCUT2D eigenvalue weighted by Gasteiger charge is -2.32. The monoisotopic (exact) mass is 393 g/mol. The molecular weight excluding hydrogens is 370 g/mol. The highest BCUT2D eigenvalue weighted by atomic mass is 16.5. The van der Waals surface area contributed by atoms with Gasteiger partial charge in [0, 0.05) is 31.2 Å². The maximum absolute atomic E-state index is 12.6. The number of benzene rings is 1. The SMILES string of the molecule is COc1cccc2cc(C(=O)NCC3CCN(c4ccccn4)CC3)c(=O)oc12. The average Bonchev–Trinajstić information content (AvgIpc) is 2.77. The summed E-state index contributed by atoms with van der Waals surface area (Å²) in [5.74, 6) is 1.41. The average molecular weight is 393 g/mol. The Balaban J connectivity index is 1.38.